The van der Waals surface area contributed by atoms with Crippen molar-refractivity contribution in [2.45, 2.75) is 31.1 Å². The summed E-state index contributed by atoms with van der Waals surface area (Å²) >= 11 is 1.71. The smallest absolute Gasteiger partial charge is 0.214 e. The lowest BCUT2D eigenvalue weighted by Gasteiger charge is -2.21. The van der Waals surface area contributed by atoms with Crippen LogP contribution in [0.5, 0.6) is 0 Å². The maximum Gasteiger partial charge on any atom is 0.214 e. The minimum Gasteiger partial charge on any atom is -0.379 e. The van der Waals surface area contributed by atoms with Crippen LogP contribution in [0.3, 0.4) is 0 Å². The van der Waals surface area contributed by atoms with E-state index in [9.17, 15) is 8.42 Å². The van der Waals surface area contributed by atoms with E-state index >= 15 is 0 Å². The fraction of sp³-hybridized carbons (Fsp3) is 0.412. The predicted octanol–water partition coefficient (Wildman–Crippen LogP) is 3.23. The zero-order valence-electron chi connectivity index (χ0n) is 13.2. The molecule has 1 aromatic carbocycles. The van der Waals surface area contributed by atoms with E-state index in [0.717, 1.165) is 5.56 Å². The monoisotopic (exact) mass is 351 g/mol. The Morgan fingerprint density at radius 2 is 1.91 bits per heavy atom. The van der Waals surface area contributed by atoms with Crippen LogP contribution in [0.15, 0.2) is 41.8 Å². The van der Waals surface area contributed by atoms with Crippen LogP contribution >= 0.6 is 11.3 Å². The molecule has 0 radical (unpaired) electrons. The second-order valence-corrected chi connectivity index (χ2v) is 9.28. The van der Waals surface area contributed by atoms with Crippen molar-refractivity contribution in [2.75, 3.05) is 13.2 Å². The average molecular weight is 351 g/mol. The van der Waals surface area contributed by atoms with Gasteiger partial charge in [0.05, 0.1) is 24.5 Å². The molecule has 6 heteroatoms. The minimum atomic E-state index is -3.29. The van der Waals surface area contributed by atoms with Crippen molar-refractivity contribution in [2.24, 2.45) is 0 Å². The van der Waals surface area contributed by atoms with Gasteiger partial charge in [0.2, 0.25) is 10.0 Å². The third-order valence-electron chi connectivity index (χ3n) is 4.16. The minimum absolute atomic E-state index is 0.0564. The quantitative estimate of drug-likeness (QED) is 0.900. The summed E-state index contributed by atoms with van der Waals surface area (Å²) in [5.74, 6) is 0.0564. The lowest BCUT2D eigenvalue weighted by Crippen LogP contribution is -2.42. The number of nitrogens with one attached hydrogen (secondary N) is 1. The van der Waals surface area contributed by atoms with Crippen molar-refractivity contribution in [3.63, 3.8) is 0 Å². The van der Waals surface area contributed by atoms with Crippen LogP contribution < -0.4 is 4.72 Å². The van der Waals surface area contributed by atoms with E-state index in [1.165, 1.54) is 10.4 Å². The molecular formula is C17H21NO3S2. The highest BCUT2D eigenvalue weighted by Gasteiger charge is 2.33. The van der Waals surface area contributed by atoms with E-state index < -0.39 is 15.3 Å². The summed E-state index contributed by atoms with van der Waals surface area (Å²) in [4.78, 5) is 1.23. The van der Waals surface area contributed by atoms with Gasteiger partial charge in [0, 0.05) is 10.8 Å². The van der Waals surface area contributed by atoms with Crippen LogP contribution in [0.2, 0.25) is 0 Å². The van der Waals surface area contributed by atoms with Gasteiger partial charge in [0.15, 0.2) is 0 Å². The van der Waals surface area contributed by atoms with Crippen LogP contribution in [0, 0.1) is 0 Å². The Kier molecular flexibility index (Phi) is 4.87. The van der Waals surface area contributed by atoms with Gasteiger partial charge < -0.3 is 4.74 Å². The Balaban J connectivity index is 1.78. The molecule has 1 N–H and O–H groups in total. The van der Waals surface area contributed by atoms with E-state index in [1.807, 2.05) is 6.07 Å². The van der Waals surface area contributed by atoms with Crippen molar-refractivity contribution < 1.29 is 13.2 Å². The van der Waals surface area contributed by atoms with Gasteiger partial charge in [-0.3, -0.25) is 0 Å². The first-order chi connectivity index (χ1) is 11.0. The van der Waals surface area contributed by atoms with Gasteiger partial charge >= 0.3 is 0 Å². The third-order valence-corrected chi connectivity index (χ3v) is 6.95. The third kappa shape index (κ3) is 3.66. The van der Waals surface area contributed by atoms with E-state index in [-0.39, 0.29) is 12.0 Å². The van der Waals surface area contributed by atoms with Crippen LogP contribution in [0.1, 0.15) is 25.3 Å². The van der Waals surface area contributed by atoms with Crippen molar-refractivity contribution in [1.29, 1.82) is 0 Å². The molecule has 1 saturated heterocycles. The number of ether oxygens (including phenoxy) is 1. The van der Waals surface area contributed by atoms with Crippen LogP contribution in [-0.2, 0) is 14.8 Å². The molecule has 1 aromatic heterocycles. The molecule has 23 heavy (non-hydrogen) atoms. The average Bonchev–Trinajstić information content (AvgIpc) is 3.18. The molecule has 0 amide bonds. The van der Waals surface area contributed by atoms with Gasteiger partial charge in [-0.25, -0.2) is 13.1 Å². The van der Waals surface area contributed by atoms with Crippen molar-refractivity contribution in [3.05, 3.63) is 47.3 Å². The van der Waals surface area contributed by atoms with E-state index in [4.69, 9.17) is 4.74 Å². The summed E-state index contributed by atoms with van der Waals surface area (Å²) in [6.45, 7) is 4.33. The molecule has 2 atom stereocenters. The fourth-order valence-electron chi connectivity index (χ4n) is 2.68. The van der Waals surface area contributed by atoms with Gasteiger partial charge in [-0.05, 0) is 36.4 Å². The molecule has 1 aliphatic heterocycles. The Hall–Kier alpha value is -1.21. The first kappa shape index (κ1) is 16.6. The van der Waals surface area contributed by atoms with E-state index in [2.05, 4.69) is 40.4 Å². The van der Waals surface area contributed by atoms with Gasteiger partial charge in [-0.15, -0.1) is 11.3 Å². The lowest BCUT2D eigenvalue weighted by atomic mass is 9.94. The molecule has 2 heterocycles. The molecule has 124 valence electrons. The molecule has 4 nitrogen and oxygen atoms in total. The van der Waals surface area contributed by atoms with Crippen molar-refractivity contribution in [3.8, 4) is 10.4 Å². The topological polar surface area (TPSA) is 55.4 Å². The Bertz CT molecular complexity index is 737. The molecule has 0 saturated carbocycles. The first-order valence-electron chi connectivity index (χ1n) is 7.70. The Morgan fingerprint density at radius 1 is 1.17 bits per heavy atom. The number of benzene rings is 1. The summed E-state index contributed by atoms with van der Waals surface area (Å²) in [6, 6.07) is 12.3. The van der Waals surface area contributed by atoms with Crippen molar-refractivity contribution in [1.82, 2.24) is 4.72 Å². The normalized spacial score (nSPS) is 21.9. The zero-order chi connectivity index (χ0) is 16.4. The van der Waals surface area contributed by atoms with Gasteiger partial charge in [-0.2, -0.15) is 0 Å². The molecule has 3 rings (SSSR count). The van der Waals surface area contributed by atoms with Gasteiger partial charge in [0.1, 0.15) is 0 Å². The molecule has 0 aliphatic carbocycles. The number of hydrogen-bond acceptors (Lipinski definition) is 4. The molecule has 0 bridgehead atoms. The second-order valence-electron chi connectivity index (χ2n) is 6.06. The molecule has 1 aliphatic rings. The molecule has 1 fully saturated rings. The molecule has 2 aromatic rings. The Morgan fingerprint density at radius 3 is 2.52 bits per heavy atom. The largest absolute Gasteiger partial charge is 0.379 e. The highest BCUT2D eigenvalue weighted by atomic mass is 32.2. The predicted molar refractivity (Wildman–Crippen MR) is 94.3 cm³/mol. The number of hydrogen-bond donors (Lipinski definition) is 1. The summed E-state index contributed by atoms with van der Waals surface area (Å²) in [5.41, 5.74) is 2.29. The highest BCUT2D eigenvalue weighted by molar-refractivity contribution is 7.90. The van der Waals surface area contributed by atoms with Crippen LogP contribution in [0.4, 0.5) is 0 Å². The standard InChI is InChI=1S/C17H21NO3S2/c1-12(2)23(19,20)18-16-11-21-10-15(16)13-5-7-14(8-6-13)17-4-3-9-22-17/h3-9,12,15-16,18H,10-11H2,1-2H3. The summed E-state index contributed by atoms with van der Waals surface area (Å²) in [5, 5.41) is 1.62. The van der Waals surface area contributed by atoms with Gasteiger partial charge in [0.25, 0.3) is 0 Å². The fourth-order valence-corrected chi connectivity index (χ4v) is 4.34. The maximum absolute atomic E-state index is 12.1. The van der Waals surface area contributed by atoms with Crippen LogP contribution in [-0.4, -0.2) is 32.9 Å². The Labute approximate surface area is 141 Å². The van der Waals surface area contributed by atoms with Crippen molar-refractivity contribution >= 4 is 21.4 Å². The lowest BCUT2D eigenvalue weighted by molar-refractivity contribution is 0.189. The summed E-state index contributed by atoms with van der Waals surface area (Å²) in [7, 11) is -3.29. The zero-order valence-corrected chi connectivity index (χ0v) is 14.9. The van der Waals surface area contributed by atoms with Crippen LogP contribution in [0.25, 0.3) is 10.4 Å². The SMILES string of the molecule is CC(C)S(=O)(=O)NC1COCC1c1ccc(-c2cccs2)cc1. The summed E-state index contributed by atoms with van der Waals surface area (Å²) < 4.78 is 32.5. The van der Waals surface area contributed by atoms with E-state index in [0.29, 0.717) is 13.2 Å². The number of thiophene rings is 1. The number of rotatable bonds is 5. The molecule has 2 unspecified atom stereocenters. The second kappa shape index (κ2) is 6.73. The summed E-state index contributed by atoms with van der Waals surface area (Å²) in [6.07, 6.45) is 0. The highest BCUT2D eigenvalue weighted by Crippen LogP contribution is 2.30. The maximum atomic E-state index is 12.1. The molecule has 0 spiro atoms. The first-order valence-corrected chi connectivity index (χ1v) is 10.1. The van der Waals surface area contributed by atoms with Gasteiger partial charge in [-0.1, -0.05) is 30.3 Å². The number of sulfonamides is 1. The molecular weight excluding hydrogens is 330 g/mol. The van der Waals surface area contributed by atoms with E-state index in [1.54, 1.807) is 25.2 Å².